The maximum absolute atomic E-state index is 3.38. The van der Waals surface area contributed by atoms with Gasteiger partial charge >= 0.3 is 0 Å². The first-order chi connectivity index (χ1) is 8.66. The van der Waals surface area contributed by atoms with Crippen LogP contribution in [0.1, 0.15) is 24.8 Å². The zero-order valence-electron chi connectivity index (χ0n) is 11.2. The van der Waals surface area contributed by atoms with E-state index >= 15 is 0 Å². The van der Waals surface area contributed by atoms with Crippen molar-refractivity contribution in [2.45, 2.75) is 31.3 Å². The van der Waals surface area contributed by atoms with E-state index in [1.165, 1.54) is 18.4 Å². The molecule has 0 amide bonds. The molecule has 0 aliphatic carbocycles. The third-order valence-corrected chi connectivity index (χ3v) is 4.58. The predicted octanol–water partition coefficient (Wildman–Crippen LogP) is 2.98. The fourth-order valence-electron chi connectivity index (χ4n) is 3.23. The summed E-state index contributed by atoms with van der Waals surface area (Å²) < 4.78 is 1.16. The van der Waals surface area contributed by atoms with Gasteiger partial charge in [-0.15, -0.1) is 0 Å². The summed E-state index contributed by atoms with van der Waals surface area (Å²) in [6.07, 6.45) is 6.25. The number of likely N-dealkylation sites (N-methyl/N-ethyl adjacent to an activating group) is 1. The molecule has 1 fully saturated rings. The molecule has 3 rings (SSSR count). The van der Waals surface area contributed by atoms with Crippen LogP contribution < -0.4 is 0 Å². The molecule has 1 saturated heterocycles. The van der Waals surface area contributed by atoms with Crippen molar-refractivity contribution in [3.05, 3.63) is 47.5 Å². The van der Waals surface area contributed by atoms with Gasteiger partial charge in [-0.05, 0) is 18.2 Å². The highest BCUT2D eigenvalue weighted by molar-refractivity contribution is 5.41. The molecule has 2 atom stereocenters. The van der Waals surface area contributed by atoms with E-state index in [2.05, 4.69) is 44.1 Å². The van der Waals surface area contributed by atoms with Crippen molar-refractivity contribution in [1.29, 1.82) is 0 Å². The van der Waals surface area contributed by atoms with Gasteiger partial charge in [0.1, 0.15) is 6.04 Å². The summed E-state index contributed by atoms with van der Waals surface area (Å²) in [6.45, 7) is 0. The minimum Gasteiger partial charge on any atom is -0.320 e. The highest BCUT2D eigenvalue weighted by atomic mass is 15.4. The Bertz CT molecular complexity index is 528. The molecule has 2 bridgehead atoms. The number of benzene rings is 1. The smallest absolute Gasteiger partial charge is 0.109 e. The lowest BCUT2D eigenvalue weighted by Gasteiger charge is -2.39. The molecule has 1 aromatic rings. The quantitative estimate of drug-likeness (QED) is 0.481. The van der Waals surface area contributed by atoms with Crippen LogP contribution in [0.2, 0.25) is 0 Å². The van der Waals surface area contributed by atoms with Crippen LogP contribution in [0.15, 0.2) is 42.0 Å². The van der Waals surface area contributed by atoms with Gasteiger partial charge in [0, 0.05) is 30.4 Å². The molecule has 1 heteroatoms. The van der Waals surface area contributed by atoms with E-state index in [0.717, 1.165) is 22.5 Å². The van der Waals surface area contributed by atoms with Crippen molar-refractivity contribution in [3.63, 3.8) is 0 Å². The van der Waals surface area contributed by atoms with Gasteiger partial charge in [0.2, 0.25) is 0 Å². The van der Waals surface area contributed by atoms with Crippen LogP contribution >= 0.6 is 0 Å². The molecule has 0 radical (unpaired) electrons. The SMILES string of the molecule is C[N+]1(C)C2C=C(C#Cc3ccccc3)CC1CC2. The van der Waals surface area contributed by atoms with E-state index in [9.17, 15) is 0 Å². The van der Waals surface area contributed by atoms with E-state index in [4.69, 9.17) is 0 Å². The number of quaternary nitrogens is 1. The highest BCUT2D eigenvalue weighted by Crippen LogP contribution is 2.38. The van der Waals surface area contributed by atoms with E-state index in [1.807, 2.05) is 18.2 Å². The summed E-state index contributed by atoms with van der Waals surface area (Å²) in [5.74, 6) is 6.66. The van der Waals surface area contributed by atoms with E-state index in [-0.39, 0.29) is 0 Å². The summed E-state index contributed by atoms with van der Waals surface area (Å²) in [5, 5.41) is 0. The van der Waals surface area contributed by atoms with Gasteiger partial charge in [-0.1, -0.05) is 30.0 Å². The zero-order chi connectivity index (χ0) is 12.6. The topological polar surface area (TPSA) is 0 Å². The summed E-state index contributed by atoms with van der Waals surface area (Å²) in [4.78, 5) is 0. The maximum atomic E-state index is 3.38. The molecular formula is C17H20N+. The minimum absolute atomic E-state index is 0.684. The monoisotopic (exact) mass is 238 g/mol. The fourth-order valence-corrected chi connectivity index (χ4v) is 3.23. The molecular weight excluding hydrogens is 218 g/mol. The fraction of sp³-hybridized carbons (Fsp3) is 0.412. The van der Waals surface area contributed by atoms with Crippen molar-refractivity contribution in [1.82, 2.24) is 0 Å². The number of rotatable bonds is 0. The number of nitrogens with zero attached hydrogens (tertiary/aromatic N) is 1. The molecule has 18 heavy (non-hydrogen) atoms. The van der Waals surface area contributed by atoms with Gasteiger partial charge in [-0.2, -0.15) is 0 Å². The second-order valence-electron chi connectivity index (χ2n) is 5.94. The first-order valence-electron chi connectivity index (χ1n) is 6.77. The Hall–Kier alpha value is -1.52. The second kappa shape index (κ2) is 4.30. The van der Waals surface area contributed by atoms with Crippen LogP contribution in [-0.4, -0.2) is 30.7 Å². The van der Waals surface area contributed by atoms with Crippen LogP contribution in [0.3, 0.4) is 0 Å². The number of hydrogen-bond acceptors (Lipinski definition) is 0. The standard InChI is InChI=1S/C17H20N/c1-18(2)16-10-11-17(18)13-15(12-16)9-8-14-6-4-3-5-7-14/h3-7,12,16-17H,10-11,13H2,1-2H3/q+1. The van der Waals surface area contributed by atoms with Crippen LogP contribution in [0.25, 0.3) is 0 Å². The Morgan fingerprint density at radius 2 is 1.83 bits per heavy atom. The van der Waals surface area contributed by atoms with Crippen molar-refractivity contribution < 1.29 is 4.48 Å². The summed E-state index contributed by atoms with van der Waals surface area (Å²) in [7, 11) is 4.72. The van der Waals surface area contributed by atoms with Gasteiger partial charge in [0.15, 0.2) is 0 Å². The molecule has 2 unspecified atom stereocenters. The molecule has 0 saturated carbocycles. The van der Waals surface area contributed by atoms with Crippen molar-refractivity contribution >= 4 is 0 Å². The normalized spacial score (nSPS) is 28.2. The average molecular weight is 238 g/mol. The molecule has 0 N–H and O–H groups in total. The molecule has 0 aromatic heterocycles. The molecule has 2 aliphatic heterocycles. The predicted molar refractivity (Wildman–Crippen MR) is 74.9 cm³/mol. The zero-order valence-corrected chi connectivity index (χ0v) is 11.2. The molecule has 2 aliphatic rings. The Balaban J connectivity index is 1.83. The average Bonchev–Trinajstić information content (AvgIpc) is 2.58. The first-order valence-corrected chi connectivity index (χ1v) is 6.77. The Kier molecular flexibility index (Phi) is 2.76. The Morgan fingerprint density at radius 3 is 2.56 bits per heavy atom. The third kappa shape index (κ3) is 1.98. The minimum atomic E-state index is 0.684. The Morgan fingerprint density at radius 1 is 1.06 bits per heavy atom. The van der Waals surface area contributed by atoms with Crippen molar-refractivity contribution in [2.75, 3.05) is 14.1 Å². The van der Waals surface area contributed by atoms with Crippen molar-refractivity contribution in [3.8, 4) is 11.8 Å². The van der Waals surface area contributed by atoms with E-state index < -0.39 is 0 Å². The third-order valence-electron chi connectivity index (χ3n) is 4.58. The number of hydrogen-bond donors (Lipinski definition) is 0. The summed E-state index contributed by atoms with van der Waals surface area (Å²) in [6, 6.07) is 11.7. The molecule has 92 valence electrons. The Labute approximate surface area is 110 Å². The van der Waals surface area contributed by atoms with Gasteiger partial charge in [-0.3, -0.25) is 0 Å². The van der Waals surface area contributed by atoms with Gasteiger partial charge in [0.05, 0.1) is 20.1 Å². The van der Waals surface area contributed by atoms with E-state index in [1.54, 1.807) is 0 Å². The summed E-state index contributed by atoms with van der Waals surface area (Å²) >= 11 is 0. The summed E-state index contributed by atoms with van der Waals surface area (Å²) in [5.41, 5.74) is 2.47. The number of fused-ring (bicyclic) bond motifs is 2. The van der Waals surface area contributed by atoms with Gasteiger partial charge in [0.25, 0.3) is 0 Å². The van der Waals surface area contributed by atoms with Crippen LogP contribution in [0.5, 0.6) is 0 Å². The lowest BCUT2D eigenvalue weighted by molar-refractivity contribution is -0.920. The van der Waals surface area contributed by atoms with Gasteiger partial charge in [-0.25, -0.2) is 0 Å². The largest absolute Gasteiger partial charge is 0.320 e. The maximum Gasteiger partial charge on any atom is 0.109 e. The second-order valence-corrected chi connectivity index (χ2v) is 5.94. The molecule has 1 nitrogen and oxygen atoms in total. The van der Waals surface area contributed by atoms with Crippen LogP contribution in [-0.2, 0) is 0 Å². The molecule has 2 heterocycles. The van der Waals surface area contributed by atoms with Crippen LogP contribution in [0, 0.1) is 11.8 Å². The van der Waals surface area contributed by atoms with Crippen LogP contribution in [0.4, 0.5) is 0 Å². The van der Waals surface area contributed by atoms with Gasteiger partial charge < -0.3 is 4.48 Å². The molecule has 0 spiro atoms. The highest BCUT2D eigenvalue weighted by Gasteiger charge is 2.44. The van der Waals surface area contributed by atoms with E-state index in [0.29, 0.717) is 6.04 Å². The lowest BCUT2D eigenvalue weighted by Crippen LogP contribution is -2.51. The van der Waals surface area contributed by atoms with Crippen molar-refractivity contribution in [2.24, 2.45) is 0 Å². The first kappa shape index (κ1) is 11.6. The lowest BCUT2D eigenvalue weighted by atomic mass is 9.99. The molecule has 1 aromatic carbocycles.